The highest BCUT2D eigenvalue weighted by Gasteiger charge is 2.41. The third-order valence-electron chi connectivity index (χ3n) is 8.25. The largest absolute Gasteiger partial charge is 0.490 e. The van der Waals surface area contributed by atoms with Gasteiger partial charge in [0.15, 0.2) is 29.5 Å². The molecule has 0 saturated carbocycles. The van der Waals surface area contributed by atoms with Gasteiger partial charge in [0, 0.05) is 11.1 Å². The van der Waals surface area contributed by atoms with Crippen LogP contribution in [0.3, 0.4) is 0 Å². The second-order valence-electron chi connectivity index (χ2n) is 11.9. The monoisotopic (exact) mass is 666 g/mol. The Kier molecular flexibility index (Phi) is 14.0. The topological polar surface area (TPSA) is 36.9 Å². The molecule has 0 unspecified atom stereocenters. The molecule has 258 valence electrons. The summed E-state index contributed by atoms with van der Waals surface area (Å²) in [7, 11) is 0. The van der Waals surface area contributed by atoms with E-state index in [9.17, 15) is 17.6 Å². The molecule has 1 saturated heterocycles. The third kappa shape index (κ3) is 9.97. The maximum absolute atomic E-state index is 15.1. The van der Waals surface area contributed by atoms with Gasteiger partial charge in [-0.05, 0) is 48.6 Å². The molecule has 4 nitrogen and oxygen atoms in total. The first-order valence-corrected chi connectivity index (χ1v) is 16.6. The van der Waals surface area contributed by atoms with Crippen LogP contribution in [-0.4, -0.2) is 32.2 Å². The van der Waals surface area contributed by atoms with Gasteiger partial charge < -0.3 is 18.9 Å². The molecule has 0 N–H and O–H groups in total. The van der Waals surface area contributed by atoms with Crippen molar-refractivity contribution >= 4 is 0 Å². The van der Waals surface area contributed by atoms with Crippen molar-refractivity contribution in [2.24, 2.45) is 0 Å². The zero-order valence-electron chi connectivity index (χ0n) is 27.1. The summed E-state index contributed by atoms with van der Waals surface area (Å²) < 4.78 is 111. The maximum Gasteiger partial charge on any atom is 0.386 e. The SMILES string of the molecule is CCCCCCCCCOc1ccc(-c2ccc(-c3ccc(C(F)(F)OC4COC(CCCCC)OC4)c(F)c3F)cc2)c(F)c1F. The molecule has 47 heavy (non-hydrogen) atoms. The molecule has 1 aliphatic heterocycles. The van der Waals surface area contributed by atoms with Crippen molar-refractivity contribution in [3.8, 4) is 28.0 Å². The van der Waals surface area contributed by atoms with E-state index in [1.807, 2.05) is 0 Å². The fraction of sp³-hybridized carbons (Fsp3) is 0.514. The zero-order valence-corrected chi connectivity index (χ0v) is 27.1. The second kappa shape index (κ2) is 17.9. The predicted octanol–water partition coefficient (Wildman–Crippen LogP) is 11.1. The van der Waals surface area contributed by atoms with Gasteiger partial charge in [-0.2, -0.15) is 13.2 Å². The second-order valence-corrected chi connectivity index (χ2v) is 11.9. The molecule has 0 atom stereocenters. The number of benzene rings is 3. The van der Waals surface area contributed by atoms with Crippen LogP contribution in [0.5, 0.6) is 5.75 Å². The number of halogens is 6. The lowest BCUT2D eigenvalue weighted by Gasteiger charge is -2.31. The van der Waals surface area contributed by atoms with Crippen LogP contribution in [0.2, 0.25) is 0 Å². The van der Waals surface area contributed by atoms with Crippen LogP contribution in [0.25, 0.3) is 22.3 Å². The van der Waals surface area contributed by atoms with Gasteiger partial charge in [0.1, 0.15) is 6.10 Å². The van der Waals surface area contributed by atoms with Gasteiger partial charge in [0.2, 0.25) is 5.82 Å². The molecule has 1 fully saturated rings. The van der Waals surface area contributed by atoms with E-state index in [-0.39, 0.29) is 47.8 Å². The van der Waals surface area contributed by atoms with E-state index in [1.54, 1.807) is 0 Å². The Morgan fingerprint density at radius 3 is 1.79 bits per heavy atom. The zero-order chi connectivity index (χ0) is 33.8. The Bertz CT molecular complexity index is 1410. The van der Waals surface area contributed by atoms with Crippen molar-refractivity contribution in [3.05, 3.63) is 77.4 Å². The molecule has 0 spiro atoms. The quantitative estimate of drug-likeness (QED) is 0.100. The van der Waals surface area contributed by atoms with Crippen molar-refractivity contribution in [1.82, 2.24) is 0 Å². The maximum atomic E-state index is 15.1. The standard InChI is InChI=1S/C37H44F6O4/c1-3-5-7-8-9-10-12-22-44-31-21-19-29(34(39)36(31)41)26-16-14-25(15-17-26)28-18-20-30(35(40)33(28)38)37(42,43)47-27-23-45-32(46-24-27)13-11-6-4-2/h14-21,27,32H,3-13,22-24H2,1-2H3. The number of hydrogen-bond acceptors (Lipinski definition) is 4. The van der Waals surface area contributed by atoms with E-state index in [0.29, 0.717) is 6.42 Å². The van der Waals surface area contributed by atoms with Crippen LogP contribution in [0.4, 0.5) is 26.3 Å². The molecule has 0 aromatic heterocycles. The molecule has 0 aliphatic carbocycles. The van der Waals surface area contributed by atoms with Crippen LogP contribution >= 0.6 is 0 Å². The lowest BCUT2D eigenvalue weighted by molar-refractivity contribution is -0.320. The van der Waals surface area contributed by atoms with Crippen molar-refractivity contribution in [1.29, 1.82) is 0 Å². The molecule has 1 aliphatic rings. The smallest absolute Gasteiger partial charge is 0.386 e. The molecule has 3 aromatic rings. The van der Waals surface area contributed by atoms with Crippen molar-refractivity contribution in [2.45, 2.75) is 103 Å². The van der Waals surface area contributed by atoms with Crippen LogP contribution in [0.15, 0.2) is 48.5 Å². The molecule has 1 heterocycles. The number of ether oxygens (including phenoxy) is 4. The molecule has 0 radical (unpaired) electrons. The highest BCUT2D eigenvalue weighted by Crippen LogP contribution is 2.38. The summed E-state index contributed by atoms with van der Waals surface area (Å²) in [5.41, 5.74) is -1.15. The van der Waals surface area contributed by atoms with Crippen molar-refractivity contribution in [2.75, 3.05) is 19.8 Å². The van der Waals surface area contributed by atoms with Crippen LogP contribution in [0.1, 0.15) is 90.0 Å². The van der Waals surface area contributed by atoms with Gasteiger partial charge in [-0.3, -0.25) is 0 Å². The van der Waals surface area contributed by atoms with E-state index < -0.39 is 47.3 Å². The van der Waals surface area contributed by atoms with E-state index >= 15 is 8.78 Å². The normalized spacial score (nSPS) is 16.9. The summed E-state index contributed by atoms with van der Waals surface area (Å²) in [5, 5.41) is 0. The number of alkyl halides is 2. The summed E-state index contributed by atoms with van der Waals surface area (Å²) in [4.78, 5) is 0. The van der Waals surface area contributed by atoms with E-state index in [2.05, 4.69) is 13.8 Å². The lowest BCUT2D eigenvalue weighted by Crippen LogP contribution is -2.40. The van der Waals surface area contributed by atoms with Gasteiger partial charge in [-0.1, -0.05) is 95.5 Å². The minimum atomic E-state index is -4.15. The van der Waals surface area contributed by atoms with Crippen LogP contribution in [-0.2, 0) is 20.3 Å². The molecule has 0 bridgehead atoms. The van der Waals surface area contributed by atoms with Gasteiger partial charge in [-0.15, -0.1) is 0 Å². The Balaban J connectivity index is 1.37. The Morgan fingerprint density at radius 1 is 0.638 bits per heavy atom. The number of unbranched alkanes of at least 4 members (excludes halogenated alkanes) is 8. The Hall–Kier alpha value is -3.08. The molecular formula is C37H44F6O4. The first-order valence-electron chi connectivity index (χ1n) is 16.6. The third-order valence-corrected chi connectivity index (χ3v) is 8.25. The predicted molar refractivity (Wildman–Crippen MR) is 169 cm³/mol. The summed E-state index contributed by atoms with van der Waals surface area (Å²) in [5.74, 6) is -5.64. The summed E-state index contributed by atoms with van der Waals surface area (Å²) in [6.45, 7) is 4.16. The fourth-order valence-corrected chi connectivity index (χ4v) is 5.53. The van der Waals surface area contributed by atoms with Gasteiger partial charge in [0.25, 0.3) is 0 Å². The molecule has 3 aromatic carbocycles. The van der Waals surface area contributed by atoms with Crippen molar-refractivity contribution < 1.29 is 45.3 Å². The summed E-state index contributed by atoms with van der Waals surface area (Å²) in [6, 6.07) is 10.1. The molecule has 0 amide bonds. The average Bonchev–Trinajstić information content (AvgIpc) is 3.06. The van der Waals surface area contributed by atoms with Gasteiger partial charge in [0.05, 0.1) is 25.4 Å². The average molecular weight is 667 g/mol. The number of rotatable bonds is 18. The molecule has 4 rings (SSSR count). The van der Waals surface area contributed by atoms with Gasteiger partial charge in [-0.25, -0.2) is 13.2 Å². The van der Waals surface area contributed by atoms with E-state index in [0.717, 1.165) is 57.1 Å². The first kappa shape index (κ1) is 36.8. The highest BCUT2D eigenvalue weighted by atomic mass is 19.3. The highest BCUT2D eigenvalue weighted by molar-refractivity contribution is 5.71. The van der Waals surface area contributed by atoms with E-state index in [4.69, 9.17) is 18.9 Å². The summed E-state index contributed by atoms with van der Waals surface area (Å²) >= 11 is 0. The fourth-order valence-electron chi connectivity index (χ4n) is 5.53. The van der Waals surface area contributed by atoms with Crippen LogP contribution < -0.4 is 4.74 Å². The Labute approximate surface area is 273 Å². The van der Waals surface area contributed by atoms with Crippen LogP contribution in [0, 0.1) is 23.3 Å². The first-order chi connectivity index (χ1) is 22.7. The van der Waals surface area contributed by atoms with Gasteiger partial charge >= 0.3 is 6.11 Å². The number of hydrogen-bond donors (Lipinski definition) is 0. The summed E-state index contributed by atoms with van der Waals surface area (Å²) in [6.07, 6.45) is 5.18. The van der Waals surface area contributed by atoms with Crippen molar-refractivity contribution in [3.63, 3.8) is 0 Å². The Morgan fingerprint density at radius 2 is 1.17 bits per heavy atom. The van der Waals surface area contributed by atoms with E-state index in [1.165, 1.54) is 55.7 Å². The molecule has 10 heteroatoms. The lowest BCUT2D eigenvalue weighted by atomic mass is 9.98. The minimum absolute atomic E-state index is 0.0425. The molecular weight excluding hydrogens is 622 g/mol. The minimum Gasteiger partial charge on any atom is -0.490 e.